The maximum atomic E-state index is 4.70. The van der Waals surface area contributed by atoms with Crippen LogP contribution in [0.1, 0.15) is 29.3 Å². The Morgan fingerprint density at radius 1 is 1.07 bits per heavy atom. The van der Waals surface area contributed by atoms with Crippen LogP contribution in [0, 0.1) is 20.8 Å². The second-order valence-electron chi connectivity index (χ2n) is 4.18. The van der Waals surface area contributed by atoms with Gasteiger partial charge in [-0.2, -0.15) is 0 Å². The molecule has 0 bridgehead atoms. The summed E-state index contributed by atoms with van der Waals surface area (Å²) >= 11 is 0. The molecule has 0 atom stereocenters. The number of fused-ring (bicyclic) bond motifs is 1. The van der Waals surface area contributed by atoms with E-state index in [4.69, 9.17) is 4.98 Å². The minimum atomic E-state index is 1.01. The summed E-state index contributed by atoms with van der Waals surface area (Å²) in [5.41, 5.74) is 6.34. The molecule has 0 saturated carbocycles. The summed E-state index contributed by atoms with van der Waals surface area (Å²) in [7, 11) is 0. The quantitative estimate of drug-likeness (QED) is 0.682. The lowest BCUT2D eigenvalue weighted by molar-refractivity contribution is 1.03. The molecule has 2 aromatic rings. The van der Waals surface area contributed by atoms with Crippen molar-refractivity contribution in [2.75, 3.05) is 0 Å². The van der Waals surface area contributed by atoms with E-state index in [1.165, 1.54) is 27.8 Å². The summed E-state index contributed by atoms with van der Waals surface area (Å²) in [4.78, 5) is 4.70. The fourth-order valence-electron chi connectivity index (χ4n) is 1.99. The lowest BCUT2D eigenvalue weighted by atomic mass is 10.0. The van der Waals surface area contributed by atoms with Crippen molar-refractivity contribution in [3.05, 3.63) is 40.6 Å². The molecule has 0 aliphatic heterocycles. The molecule has 0 radical (unpaired) electrons. The molecule has 78 valence electrons. The topological polar surface area (TPSA) is 12.9 Å². The molecule has 0 unspecified atom stereocenters. The van der Waals surface area contributed by atoms with Crippen molar-refractivity contribution in [1.29, 1.82) is 0 Å². The first-order chi connectivity index (χ1) is 7.13. The fraction of sp³-hybridized carbons (Fsp3) is 0.357. The molecule has 1 aromatic carbocycles. The lowest BCUT2D eigenvalue weighted by Gasteiger charge is -2.09. The number of hydrogen-bond acceptors (Lipinski definition) is 1. The van der Waals surface area contributed by atoms with Crippen LogP contribution in [-0.4, -0.2) is 4.98 Å². The molecular weight excluding hydrogens is 182 g/mol. The van der Waals surface area contributed by atoms with E-state index in [0.29, 0.717) is 0 Å². The van der Waals surface area contributed by atoms with Gasteiger partial charge in [0.15, 0.2) is 0 Å². The smallest absolute Gasteiger partial charge is 0.0708 e. The monoisotopic (exact) mass is 199 g/mol. The Balaban J connectivity index is 2.81. The van der Waals surface area contributed by atoms with E-state index in [1.54, 1.807) is 0 Å². The van der Waals surface area contributed by atoms with Crippen LogP contribution in [-0.2, 0) is 6.42 Å². The molecule has 0 N–H and O–H groups in total. The van der Waals surface area contributed by atoms with Gasteiger partial charge in [0.25, 0.3) is 0 Å². The second kappa shape index (κ2) is 3.65. The molecular formula is C14H17N. The predicted octanol–water partition coefficient (Wildman–Crippen LogP) is 3.72. The van der Waals surface area contributed by atoms with Gasteiger partial charge in [0.2, 0.25) is 0 Å². The molecule has 0 fully saturated rings. The average molecular weight is 199 g/mol. The van der Waals surface area contributed by atoms with Gasteiger partial charge in [-0.1, -0.05) is 13.0 Å². The predicted molar refractivity (Wildman–Crippen MR) is 65.3 cm³/mol. The average Bonchev–Trinajstić information content (AvgIpc) is 2.24. The van der Waals surface area contributed by atoms with Gasteiger partial charge in [0.1, 0.15) is 0 Å². The standard InChI is InChI=1S/C14H17N/c1-5-13-10(3)8-12-11(4)9(2)6-7-14(12)15-13/h6-8H,5H2,1-4H3. The van der Waals surface area contributed by atoms with Crippen LogP contribution in [0.15, 0.2) is 18.2 Å². The fourth-order valence-corrected chi connectivity index (χ4v) is 1.99. The highest BCUT2D eigenvalue weighted by atomic mass is 14.7. The Morgan fingerprint density at radius 2 is 1.80 bits per heavy atom. The van der Waals surface area contributed by atoms with Gasteiger partial charge >= 0.3 is 0 Å². The minimum Gasteiger partial charge on any atom is -0.253 e. The van der Waals surface area contributed by atoms with Gasteiger partial charge in [-0.25, -0.2) is 0 Å². The maximum Gasteiger partial charge on any atom is 0.0708 e. The number of benzene rings is 1. The summed E-state index contributed by atoms with van der Waals surface area (Å²) in [6.07, 6.45) is 1.01. The van der Waals surface area contributed by atoms with Gasteiger partial charge in [-0.3, -0.25) is 4.98 Å². The number of aryl methyl sites for hydroxylation is 4. The van der Waals surface area contributed by atoms with Gasteiger partial charge < -0.3 is 0 Å². The molecule has 1 nitrogen and oxygen atoms in total. The van der Waals surface area contributed by atoms with Gasteiger partial charge in [0, 0.05) is 11.1 Å². The van der Waals surface area contributed by atoms with Crippen molar-refractivity contribution in [1.82, 2.24) is 4.98 Å². The van der Waals surface area contributed by atoms with Crippen LogP contribution in [0.5, 0.6) is 0 Å². The summed E-state index contributed by atoms with van der Waals surface area (Å²) in [5, 5.41) is 1.30. The second-order valence-corrected chi connectivity index (χ2v) is 4.18. The Kier molecular flexibility index (Phi) is 2.47. The molecule has 0 aliphatic carbocycles. The Labute approximate surface area is 91.2 Å². The van der Waals surface area contributed by atoms with Crippen molar-refractivity contribution in [3.63, 3.8) is 0 Å². The van der Waals surface area contributed by atoms with E-state index in [1.807, 2.05) is 0 Å². The van der Waals surface area contributed by atoms with E-state index in [2.05, 4.69) is 45.9 Å². The van der Waals surface area contributed by atoms with Crippen LogP contribution in [0.3, 0.4) is 0 Å². The summed E-state index contributed by atoms with van der Waals surface area (Å²) in [5.74, 6) is 0. The van der Waals surface area contributed by atoms with Gasteiger partial charge in [-0.15, -0.1) is 0 Å². The highest BCUT2D eigenvalue weighted by Crippen LogP contribution is 2.22. The zero-order valence-electron chi connectivity index (χ0n) is 9.89. The van der Waals surface area contributed by atoms with Crippen LogP contribution < -0.4 is 0 Å². The molecule has 0 amide bonds. The zero-order valence-corrected chi connectivity index (χ0v) is 9.89. The molecule has 0 spiro atoms. The Bertz CT molecular complexity index is 512. The van der Waals surface area contributed by atoms with Crippen molar-refractivity contribution in [3.8, 4) is 0 Å². The zero-order chi connectivity index (χ0) is 11.0. The van der Waals surface area contributed by atoms with Crippen molar-refractivity contribution in [2.45, 2.75) is 34.1 Å². The van der Waals surface area contributed by atoms with Gasteiger partial charge in [-0.05, 0) is 56.0 Å². The van der Waals surface area contributed by atoms with Crippen LogP contribution in [0.4, 0.5) is 0 Å². The third kappa shape index (κ3) is 1.63. The molecule has 15 heavy (non-hydrogen) atoms. The normalized spacial score (nSPS) is 10.9. The Morgan fingerprint density at radius 3 is 2.47 bits per heavy atom. The SMILES string of the molecule is CCc1nc2ccc(C)c(C)c2cc1C. The van der Waals surface area contributed by atoms with Crippen molar-refractivity contribution >= 4 is 10.9 Å². The van der Waals surface area contributed by atoms with Crippen LogP contribution in [0.25, 0.3) is 10.9 Å². The first-order valence-electron chi connectivity index (χ1n) is 5.50. The third-order valence-corrected chi connectivity index (χ3v) is 3.17. The number of nitrogens with zero attached hydrogens (tertiary/aromatic N) is 1. The minimum absolute atomic E-state index is 1.01. The molecule has 0 aliphatic rings. The first kappa shape index (κ1) is 10.2. The van der Waals surface area contributed by atoms with E-state index in [0.717, 1.165) is 11.9 Å². The molecule has 1 heterocycles. The lowest BCUT2D eigenvalue weighted by Crippen LogP contribution is -1.95. The van der Waals surface area contributed by atoms with E-state index < -0.39 is 0 Å². The van der Waals surface area contributed by atoms with E-state index in [9.17, 15) is 0 Å². The first-order valence-corrected chi connectivity index (χ1v) is 5.50. The highest BCUT2D eigenvalue weighted by Gasteiger charge is 2.05. The largest absolute Gasteiger partial charge is 0.253 e. The van der Waals surface area contributed by atoms with E-state index >= 15 is 0 Å². The van der Waals surface area contributed by atoms with Crippen LogP contribution >= 0.6 is 0 Å². The molecule has 1 heteroatoms. The summed E-state index contributed by atoms with van der Waals surface area (Å²) < 4.78 is 0. The van der Waals surface area contributed by atoms with Crippen molar-refractivity contribution in [2.24, 2.45) is 0 Å². The maximum absolute atomic E-state index is 4.70. The molecule has 0 saturated heterocycles. The molecule has 2 rings (SSSR count). The van der Waals surface area contributed by atoms with E-state index in [-0.39, 0.29) is 0 Å². The number of rotatable bonds is 1. The highest BCUT2D eigenvalue weighted by molar-refractivity contribution is 5.84. The van der Waals surface area contributed by atoms with Crippen LogP contribution in [0.2, 0.25) is 0 Å². The molecule has 1 aromatic heterocycles. The summed E-state index contributed by atoms with van der Waals surface area (Å²) in [6, 6.07) is 6.54. The number of aromatic nitrogens is 1. The Hall–Kier alpha value is -1.37. The number of pyridine rings is 1. The third-order valence-electron chi connectivity index (χ3n) is 3.17. The van der Waals surface area contributed by atoms with Crippen molar-refractivity contribution < 1.29 is 0 Å². The van der Waals surface area contributed by atoms with Gasteiger partial charge in [0.05, 0.1) is 5.52 Å². The summed E-state index contributed by atoms with van der Waals surface area (Å²) in [6.45, 7) is 8.62. The number of hydrogen-bond donors (Lipinski definition) is 0.